The molecule has 1 unspecified atom stereocenters. The first-order valence-corrected chi connectivity index (χ1v) is 12.3. The van der Waals surface area contributed by atoms with E-state index >= 15 is 0 Å². The molecule has 0 saturated heterocycles. The van der Waals surface area contributed by atoms with Crippen molar-refractivity contribution >= 4 is 23.6 Å². The Morgan fingerprint density at radius 1 is 0.892 bits per heavy atom. The Morgan fingerprint density at radius 2 is 1.57 bits per heavy atom. The van der Waals surface area contributed by atoms with Crippen molar-refractivity contribution in [3.8, 4) is 5.75 Å². The number of carbonyl (C=O) groups is 2. The maximum atomic E-state index is 13.5. The van der Waals surface area contributed by atoms with Crippen LogP contribution in [0.3, 0.4) is 0 Å². The molecule has 0 spiro atoms. The number of rotatable bonds is 6. The van der Waals surface area contributed by atoms with Crippen LogP contribution in [0, 0.1) is 6.92 Å². The van der Waals surface area contributed by atoms with E-state index in [0.29, 0.717) is 17.9 Å². The summed E-state index contributed by atoms with van der Waals surface area (Å²) in [6.45, 7) is 4.44. The number of benzene rings is 4. The molecule has 1 aliphatic rings. The summed E-state index contributed by atoms with van der Waals surface area (Å²) in [5, 5.41) is 3.02. The van der Waals surface area contributed by atoms with Crippen LogP contribution in [0.4, 0.5) is 5.69 Å². The van der Waals surface area contributed by atoms with E-state index in [4.69, 9.17) is 4.74 Å². The summed E-state index contributed by atoms with van der Waals surface area (Å²) in [5.74, 6) is 0.503. The van der Waals surface area contributed by atoms with Gasteiger partial charge in [0.1, 0.15) is 0 Å². The first-order valence-electron chi connectivity index (χ1n) is 12.3. The number of hydrogen-bond acceptors (Lipinski definition) is 3. The number of hydrogen-bond donors (Lipinski definition) is 1. The van der Waals surface area contributed by atoms with Crippen molar-refractivity contribution < 1.29 is 14.3 Å². The number of nitrogens with one attached hydrogen (secondary N) is 1. The molecule has 2 amide bonds. The number of fused-ring (bicyclic) bond motifs is 1. The van der Waals surface area contributed by atoms with Crippen LogP contribution in [0.25, 0.3) is 6.08 Å². The molecule has 0 bridgehead atoms. The molecule has 37 heavy (non-hydrogen) atoms. The number of nitrogens with zero attached hydrogens (tertiary/aromatic N) is 1. The van der Waals surface area contributed by atoms with Gasteiger partial charge in [-0.15, -0.1) is 0 Å². The highest BCUT2D eigenvalue weighted by atomic mass is 16.5. The molecule has 1 aliphatic heterocycles. The summed E-state index contributed by atoms with van der Waals surface area (Å²) in [7, 11) is 0. The van der Waals surface area contributed by atoms with Gasteiger partial charge < -0.3 is 10.1 Å². The molecule has 4 aromatic carbocycles. The van der Waals surface area contributed by atoms with Crippen molar-refractivity contribution in [3.63, 3.8) is 0 Å². The summed E-state index contributed by atoms with van der Waals surface area (Å²) >= 11 is 0. The van der Waals surface area contributed by atoms with E-state index in [2.05, 4.69) is 5.32 Å². The minimum atomic E-state index is -0.210. The van der Waals surface area contributed by atoms with Crippen molar-refractivity contribution in [3.05, 3.63) is 137 Å². The first-order chi connectivity index (χ1) is 18.0. The molecular weight excluding hydrogens is 460 g/mol. The molecule has 5 rings (SSSR count). The average molecular weight is 489 g/mol. The van der Waals surface area contributed by atoms with E-state index in [-0.39, 0.29) is 23.6 Å². The highest BCUT2D eigenvalue weighted by molar-refractivity contribution is 6.09. The fourth-order valence-corrected chi connectivity index (χ4v) is 4.28. The minimum absolute atomic E-state index is 0.108. The molecule has 0 fully saturated rings. The molecule has 5 nitrogen and oxygen atoms in total. The Bertz CT molecular complexity index is 1440. The van der Waals surface area contributed by atoms with E-state index in [0.717, 1.165) is 22.4 Å². The highest BCUT2D eigenvalue weighted by Crippen LogP contribution is 2.36. The van der Waals surface area contributed by atoms with Gasteiger partial charge in [-0.25, -0.2) is 0 Å². The van der Waals surface area contributed by atoms with E-state index in [1.807, 2.05) is 105 Å². The number of aryl methyl sites for hydroxylation is 1. The summed E-state index contributed by atoms with van der Waals surface area (Å²) in [6.07, 6.45) is 1.72. The highest BCUT2D eigenvalue weighted by Gasteiger charge is 2.30. The SMILES string of the molecule is Cc1ccc(CN2C(=O)/C(=C\c3ccc(C(=O)NC(C)c4ccccc4)cc3)Oc3ccccc32)cc1. The monoisotopic (exact) mass is 488 g/mol. The summed E-state index contributed by atoms with van der Waals surface area (Å²) in [4.78, 5) is 27.9. The van der Waals surface area contributed by atoms with Crippen LogP contribution >= 0.6 is 0 Å². The van der Waals surface area contributed by atoms with Gasteiger partial charge in [0.2, 0.25) is 0 Å². The third kappa shape index (κ3) is 5.46. The number of anilines is 1. The van der Waals surface area contributed by atoms with Crippen LogP contribution in [0.1, 0.15) is 45.6 Å². The van der Waals surface area contributed by atoms with Gasteiger partial charge in [0.05, 0.1) is 18.3 Å². The van der Waals surface area contributed by atoms with Gasteiger partial charge in [0.25, 0.3) is 11.8 Å². The van der Waals surface area contributed by atoms with Crippen LogP contribution < -0.4 is 15.0 Å². The van der Waals surface area contributed by atoms with Crippen molar-refractivity contribution in [1.82, 2.24) is 5.32 Å². The fraction of sp³-hybridized carbons (Fsp3) is 0.125. The van der Waals surface area contributed by atoms with Gasteiger partial charge in [-0.05, 0) is 60.9 Å². The summed E-state index contributed by atoms with van der Waals surface area (Å²) in [6, 6.07) is 32.6. The van der Waals surface area contributed by atoms with Gasteiger partial charge >= 0.3 is 0 Å². The number of para-hydroxylation sites is 2. The summed E-state index contributed by atoms with van der Waals surface area (Å²) < 4.78 is 6.01. The van der Waals surface area contributed by atoms with Crippen LogP contribution in [0.2, 0.25) is 0 Å². The van der Waals surface area contributed by atoms with E-state index in [1.165, 1.54) is 5.56 Å². The molecule has 5 heteroatoms. The molecule has 1 atom stereocenters. The molecule has 0 saturated carbocycles. The first kappa shape index (κ1) is 24.1. The fourth-order valence-electron chi connectivity index (χ4n) is 4.28. The zero-order valence-corrected chi connectivity index (χ0v) is 20.8. The van der Waals surface area contributed by atoms with Crippen LogP contribution in [0.15, 0.2) is 109 Å². The summed E-state index contributed by atoms with van der Waals surface area (Å²) in [5.41, 5.74) is 5.31. The molecule has 0 radical (unpaired) electrons. The lowest BCUT2D eigenvalue weighted by molar-refractivity contribution is -0.117. The lowest BCUT2D eigenvalue weighted by atomic mass is 10.1. The van der Waals surface area contributed by atoms with Crippen molar-refractivity contribution in [2.45, 2.75) is 26.4 Å². The minimum Gasteiger partial charge on any atom is -0.449 e. The second-order valence-electron chi connectivity index (χ2n) is 9.18. The predicted molar refractivity (Wildman–Crippen MR) is 146 cm³/mol. The third-order valence-electron chi connectivity index (χ3n) is 6.41. The lowest BCUT2D eigenvalue weighted by Gasteiger charge is -2.30. The maximum absolute atomic E-state index is 13.5. The third-order valence-corrected chi connectivity index (χ3v) is 6.41. The number of amides is 2. The van der Waals surface area contributed by atoms with Crippen molar-refractivity contribution in [2.75, 3.05) is 4.90 Å². The zero-order valence-electron chi connectivity index (χ0n) is 20.8. The van der Waals surface area contributed by atoms with Crippen molar-refractivity contribution in [1.29, 1.82) is 0 Å². The van der Waals surface area contributed by atoms with Gasteiger partial charge in [-0.3, -0.25) is 14.5 Å². The van der Waals surface area contributed by atoms with Gasteiger partial charge in [-0.2, -0.15) is 0 Å². The Kier molecular flexibility index (Phi) is 6.86. The van der Waals surface area contributed by atoms with Gasteiger partial charge in [0, 0.05) is 5.56 Å². The molecule has 4 aromatic rings. The predicted octanol–water partition coefficient (Wildman–Crippen LogP) is 6.45. The van der Waals surface area contributed by atoms with E-state index < -0.39 is 0 Å². The number of ether oxygens (including phenoxy) is 1. The molecule has 0 aliphatic carbocycles. The van der Waals surface area contributed by atoms with Gasteiger partial charge in [0.15, 0.2) is 11.5 Å². The largest absolute Gasteiger partial charge is 0.449 e. The zero-order chi connectivity index (χ0) is 25.8. The molecular formula is C32H28N2O3. The lowest BCUT2D eigenvalue weighted by Crippen LogP contribution is -2.36. The Balaban J connectivity index is 1.35. The normalized spacial score (nSPS) is 14.6. The number of carbonyl (C=O) groups excluding carboxylic acids is 2. The quantitative estimate of drug-likeness (QED) is 0.317. The van der Waals surface area contributed by atoms with Crippen LogP contribution in [-0.2, 0) is 11.3 Å². The topological polar surface area (TPSA) is 58.6 Å². The second kappa shape index (κ2) is 10.5. The smallest absolute Gasteiger partial charge is 0.294 e. The Hall–Kier alpha value is -4.64. The van der Waals surface area contributed by atoms with Crippen LogP contribution in [0.5, 0.6) is 5.75 Å². The standard InChI is InChI=1S/C32H28N2O3/c1-22-12-14-25(15-13-22)21-34-28-10-6-7-11-29(28)37-30(32(34)36)20-24-16-18-27(19-17-24)31(35)33-23(2)26-8-4-3-5-9-26/h3-20,23H,21H2,1-2H3,(H,33,35)/b30-20+. The molecule has 1 heterocycles. The van der Waals surface area contributed by atoms with E-state index in [1.54, 1.807) is 23.1 Å². The Labute approximate surface area is 217 Å². The van der Waals surface area contributed by atoms with E-state index in [9.17, 15) is 9.59 Å². The maximum Gasteiger partial charge on any atom is 0.294 e. The molecule has 184 valence electrons. The van der Waals surface area contributed by atoms with Crippen molar-refractivity contribution in [2.24, 2.45) is 0 Å². The Morgan fingerprint density at radius 3 is 2.30 bits per heavy atom. The average Bonchev–Trinajstić information content (AvgIpc) is 2.93. The molecule has 1 N–H and O–H groups in total. The second-order valence-corrected chi connectivity index (χ2v) is 9.18. The van der Waals surface area contributed by atoms with Gasteiger partial charge in [-0.1, -0.05) is 84.4 Å². The molecule has 0 aromatic heterocycles. The van der Waals surface area contributed by atoms with Crippen LogP contribution in [-0.4, -0.2) is 11.8 Å².